The van der Waals surface area contributed by atoms with Gasteiger partial charge < -0.3 is 15.0 Å². The molecule has 0 unspecified atom stereocenters. The minimum absolute atomic E-state index is 0.198. The van der Waals surface area contributed by atoms with Gasteiger partial charge in [0, 0.05) is 22.0 Å². The summed E-state index contributed by atoms with van der Waals surface area (Å²) in [4.78, 5) is 27.5. The van der Waals surface area contributed by atoms with Crippen LogP contribution < -0.4 is 5.32 Å². The number of carbonyl (C=O) groups is 2. The van der Waals surface area contributed by atoms with E-state index < -0.39 is 0 Å². The van der Waals surface area contributed by atoms with E-state index in [1.54, 1.807) is 31.2 Å². The zero-order chi connectivity index (χ0) is 17.4. The number of aryl methyl sites for hydroxylation is 1. The standard InChI is InChI=1S/C18H17ClN2O3/c1-4-24-18(23)16-9(2)14(20-10(16)3)8-13-12-6-5-11(19)7-15(12)21-17(13)22/h5-8,20H,4H2,1-3H3,(H,21,22)/b13-8-. The molecule has 0 saturated carbocycles. The fraction of sp³-hybridized carbons (Fsp3) is 0.222. The average Bonchev–Trinajstić information content (AvgIpc) is 2.96. The van der Waals surface area contributed by atoms with E-state index in [0.717, 1.165) is 11.1 Å². The van der Waals surface area contributed by atoms with Gasteiger partial charge in [0.1, 0.15) is 0 Å². The number of fused-ring (bicyclic) bond motifs is 1. The van der Waals surface area contributed by atoms with Crippen molar-refractivity contribution in [3.8, 4) is 0 Å². The summed E-state index contributed by atoms with van der Waals surface area (Å²) >= 11 is 5.96. The maximum Gasteiger partial charge on any atom is 0.340 e. The summed E-state index contributed by atoms with van der Waals surface area (Å²) < 4.78 is 5.09. The Labute approximate surface area is 144 Å². The van der Waals surface area contributed by atoms with Crippen LogP contribution in [0.1, 0.15) is 39.8 Å². The number of rotatable bonds is 3. The lowest BCUT2D eigenvalue weighted by Gasteiger charge is -2.02. The summed E-state index contributed by atoms with van der Waals surface area (Å²) in [5.74, 6) is -0.562. The third kappa shape index (κ3) is 2.71. The molecule has 1 aliphatic rings. The molecular formula is C18H17ClN2O3. The third-order valence-electron chi connectivity index (χ3n) is 4.01. The van der Waals surface area contributed by atoms with E-state index in [2.05, 4.69) is 10.3 Å². The van der Waals surface area contributed by atoms with Gasteiger partial charge >= 0.3 is 5.97 Å². The molecule has 124 valence electrons. The van der Waals surface area contributed by atoms with Gasteiger partial charge in [0.25, 0.3) is 5.91 Å². The van der Waals surface area contributed by atoms with E-state index in [1.165, 1.54) is 0 Å². The largest absolute Gasteiger partial charge is 0.462 e. The highest BCUT2D eigenvalue weighted by Gasteiger charge is 2.26. The van der Waals surface area contributed by atoms with Gasteiger partial charge in [0.2, 0.25) is 0 Å². The van der Waals surface area contributed by atoms with Crippen molar-refractivity contribution in [2.45, 2.75) is 20.8 Å². The van der Waals surface area contributed by atoms with E-state index in [0.29, 0.717) is 39.8 Å². The molecule has 0 radical (unpaired) electrons. The number of anilines is 1. The highest BCUT2D eigenvalue weighted by atomic mass is 35.5. The topological polar surface area (TPSA) is 71.2 Å². The molecule has 0 saturated heterocycles. The molecule has 2 aromatic rings. The van der Waals surface area contributed by atoms with Crippen molar-refractivity contribution in [2.75, 3.05) is 11.9 Å². The zero-order valence-electron chi connectivity index (χ0n) is 13.6. The molecule has 0 bridgehead atoms. The Hall–Kier alpha value is -2.53. The highest BCUT2D eigenvalue weighted by molar-refractivity contribution is 6.36. The average molecular weight is 345 g/mol. The fourth-order valence-electron chi connectivity index (χ4n) is 2.88. The first-order chi connectivity index (χ1) is 11.4. The number of ether oxygens (including phenoxy) is 1. The summed E-state index contributed by atoms with van der Waals surface area (Å²) in [6.45, 7) is 5.72. The Morgan fingerprint density at radius 3 is 2.79 bits per heavy atom. The molecule has 2 N–H and O–H groups in total. The van der Waals surface area contributed by atoms with Crippen molar-refractivity contribution in [3.05, 3.63) is 51.3 Å². The summed E-state index contributed by atoms with van der Waals surface area (Å²) in [7, 11) is 0. The van der Waals surface area contributed by atoms with Gasteiger partial charge in [-0.3, -0.25) is 4.79 Å². The second kappa shape index (κ2) is 6.17. The molecule has 0 spiro atoms. The summed E-state index contributed by atoms with van der Waals surface area (Å²) in [6.07, 6.45) is 1.75. The second-order valence-electron chi connectivity index (χ2n) is 5.59. The number of hydrogen-bond acceptors (Lipinski definition) is 3. The first kappa shape index (κ1) is 16.3. The molecule has 2 heterocycles. The number of aromatic nitrogens is 1. The number of esters is 1. The molecule has 6 heteroatoms. The first-order valence-corrected chi connectivity index (χ1v) is 7.99. The van der Waals surface area contributed by atoms with Gasteiger partial charge in [-0.05, 0) is 44.5 Å². The van der Waals surface area contributed by atoms with Crippen LogP contribution in [-0.2, 0) is 9.53 Å². The minimum Gasteiger partial charge on any atom is -0.462 e. The quantitative estimate of drug-likeness (QED) is 0.654. The maximum atomic E-state index is 12.3. The number of benzene rings is 1. The van der Waals surface area contributed by atoms with E-state index in [-0.39, 0.29) is 11.9 Å². The smallest absolute Gasteiger partial charge is 0.340 e. The molecule has 1 aromatic carbocycles. The van der Waals surface area contributed by atoms with Crippen molar-refractivity contribution in [2.24, 2.45) is 0 Å². The van der Waals surface area contributed by atoms with Crippen molar-refractivity contribution in [3.63, 3.8) is 0 Å². The molecule has 1 aliphatic heterocycles. The predicted molar refractivity (Wildman–Crippen MR) is 94.2 cm³/mol. The van der Waals surface area contributed by atoms with E-state index >= 15 is 0 Å². The lowest BCUT2D eigenvalue weighted by molar-refractivity contribution is -0.110. The van der Waals surface area contributed by atoms with Crippen molar-refractivity contribution >= 4 is 40.8 Å². The summed E-state index contributed by atoms with van der Waals surface area (Å²) in [6, 6.07) is 5.26. The molecule has 0 atom stereocenters. The van der Waals surface area contributed by atoms with Crippen molar-refractivity contribution in [1.29, 1.82) is 0 Å². The van der Waals surface area contributed by atoms with Gasteiger partial charge in [0.15, 0.2) is 0 Å². The van der Waals surface area contributed by atoms with Crippen LogP contribution in [0, 0.1) is 13.8 Å². The molecule has 1 amide bonds. The highest BCUT2D eigenvalue weighted by Crippen LogP contribution is 2.35. The Balaban J connectivity index is 2.06. The van der Waals surface area contributed by atoms with E-state index in [1.807, 2.05) is 13.8 Å². The van der Waals surface area contributed by atoms with Gasteiger partial charge in [-0.1, -0.05) is 17.7 Å². The van der Waals surface area contributed by atoms with Crippen LogP contribution in [0.3, 0.4) is 0 Å². The number of H-pyrrole nitrogens is 1. The summed E-state index contributed by atoms with van der Waals surface area (Å²) in [5.41, 5.74) is 4.70. The second-order valence-corrected chi connectivity index (χ2v) is 6.02. The fourth-order valence-corrected chi connectivity index (χ4v) is 3.05. The number of hydrogen-bond donors (Lipinski definition) is 2. The summed E-state index contributed by atoms with van der Waals surface area (Å²) in [5, 5.41) is 3.36. The van der Waals surface area contributed by atoms with Crippen molar-refractivity contribution in [1.82, 2.24) is 4.98 Å². The normalized spacial score (nSPS) is 14.7. The number of aromatic amines is 1. The van der Waals surface area contributed by atoms with Crippen LogP contribution in [0.2, 0.25) is 5.02 Å². The predicted octanol–water partition coefficient (Wildman–Crippen LogP) is 3.95. The Kier molecular flexibility index (Phi) is 4.20. The van der Waals surface area contributed by atoms with Crippen LogP contribution in [0.4, 0.5) is 5.69 Å². The van der Waals surface area contributed by atoms with Gasteiger partial charge in [0.05, 0.1) is 23.4 Å². The molecule has 0 fully saturated rings. The molecule has 1 aromatic heterocycles. The monoisotopic (exact) mass is 344 g/mol. The molecule has 0 aliphatic carbocycles. The van der Waals surface area contributed by atoms with E-state index in [4.69, 9.17) is 16.3 Å². The number of halogens is 1. The lowest BCUT2D eigenvalue weighted by Crippen LogP contribution is -2.06. The van der Waals surface area contributed by atoms with Gasteiger partial charge in [-0.25, -0.2) is 4.79 Å². The molecular weight excluding hydrogens is 328 g/mol. The number of carbonyl (C=O) groups excluding carboxylic acids is 2. The maximum absolute atomic E-state index is 12.3. The van der Waals surface area contributed by atoms with Gasteiger partial charge in [-0.15, -0.1) is 0 Å². The van der Waals surface area contributed by atoms with Crippen molar-refractivity contribution < 1.29 is 14.3 Å². The molecule has 5 nitrogen and oxygen atoms in total. The molecule has 3 rings (SSSR count). The number of amides is 1. The third-order valence-corrected chi connectivity index (χ3v) is 4.24. The van der Waals surface area contributed by atoms with Gasteiger partial charge in [-0.2, -0.15) is 0 Å². The van der Waals surface area contributed by atoms with Crippen LogP contribution >= 0.6 is 11.6 Å². The lowest BCUT2D eigenvalue weighted by atomic mass is 10.0. The Morgan fingerprint density at radius 2 is 2.08 bits per heavy atom. The van der Waals surface area contributed by atoms with Crippen LogP contribution in [0.25, 0.3) is 11.6 Å². The van der Waals surface area contributed by atoms with Crippen LogP contribution in [0.5, 0.6) is 0 Å². The SMILES string of the molecule is CCOC(=O)c1c(C)[nH]c(/C=C2\C(=O)Nc3cc(Cl)ccc32)c1C. The number of nitrogens with one attached hydrogen (secondary N) is 2. The van der Waals surface area contributed by atoms with Crippen LogP contribution in [-0.4, -0.2) is 23.5 Å². The minimum atomic E-state index is -0.364. The van der Waals surface area contributed by atoms with Crippen LogP contribution in [0.15, 0.2) is 18.2 Å². The Bertz CT molecular complexity index is 881. The first-order valence-electron chi connectivity index (χ1n) is 7.61. The molecule has 24 heavy (non-hydrogen) atoms. The Morgan fingerprint density at radius 1 is 1.33 bits per heavy atom. The van der Waals surface area contributed by atoms with E-state index in [9.17, 15) is 9.59 Å². The zero-order valence-corrected chi connectivity index (χ0v) is 14.4.